The van der Waals surface area contributed by atoms with Crippen LogP contribution in [0.1, 0.15) is 5.56 Å². The third-order valence-corrected chi connectivity index (χ3v) is 2.08. The zero-order valence-electron chi connectivity index (χ0n) is 6.50. The van der Waals surface area contributed by atoms with Gasteiger partial charge in [0.1, 0.15) is 0 Å². The van der Waals surface area contributed by atoms with Crippen LogP contribution in [-0.2, 0) is 4.79 Å². The summed E-state index contributed by atoms with van der Waals surface area (Å²) in [7, 11) is 0. The van der Waals surface area contributed by atoms with Gasteiger partial charge in [-0.05, 0) is 23.8 Å². The van der Waals surface area contributed by atoms with Crippen molar-refractivity contribution in [3.63, 3.8) is 0 Å². The Morgan fingerprint density at radius 2 is 2.08 bits per heavy atom. The fourth-order valence-electron chi connectivity index (χ4n) is 0.770. The first-order valence-corrected chi connectivity index (χ1v) is 4.18. The standard InChI is InChI=1S/C9H5Cl2NO/c10-8-2-1-7(5-9(8)11)3-4-12-6-13/h1-5H/b4-3+. The Morgan fingerprint density at radius 3 is 2.69 bits per heavy atom. The molecule has 0 atom stereocenters. The lowest BCUT2D eigenvalue weighted by molar-refractivity contribution is 0.565. The first kappa shape index (κ1) is 10.0. The zero-order valence-corrected chi connectivity index (χ0v) is 8.01. The molecule has 4 heteroatoms. The number of carbonyl (C=O) groups excluding carboxylic acids is 1. The molecule has 0 aromatic heterocycles. The molecule has 0 saturated heterocycles. The van der Waals surface area contributed by atoms with E-state index < -0.39 is 0 Å². The van der Waals surface area contributed by atoms with Gasteiger partial charge >= 0.3 is 0 Å². The lowest BCUT2D eigenvalue weighted by Gasteiger charge is -1.95. The highest BCUT2D eigenvalue weighted by Crippen LogP contribution is 2.22. The van der Waals surface area contributed by atoms with Crippen molar-refractivity contribution in [3.05, 3.63) is 40.0 Å². The molecule has 0 heterocycles. The van der Waals surface area contributed by atoms with Gasteiger partial charge in [-0.3, -0.25) is 0 Å². The molecule has 1 aromatic carbocycles. The second kappa shape index (κ2) is 4.83. The summed E-state index contributed by atoms with van der Waals surface area (Å²) in [6.45, 7) is 0. The van der Waals surface area contributed by atoms with Gasteiger partial charge in [0.15, 0.2) is 0 Å². The SMILES string of the molecule is O=C=N/C=C/c1ccc(Cl)c(Cl)c1. The molecule has 0 fully saturated rings. The van der Waals surface area contributed by atoms with E-state index in [1.54, 1.807) is 24.3 Å². The lowest BCUT2D eigenvalue weighted by Crippen LogP contribution is -1.72. The van der Waals surface area contributed by atoms with E-state index in [4.69, 9.17) is 23.2 Å². The molecule has 0 N–H and O–H groups in total. The van der Waals surface area contributed by atoms with Crippen molar-refractivity contribution in [2.24, 2.45) is 4.99 Å². The maximum Gasteiger partial charge on any atom is 0.239 e. The molecule has 1 rings (SSSR count). The monoisotopic (exact) mass is 213 g/mol. The molecule has 13 heavy (non-hydrogen) atoms. The van der Waals surface area contributed by atoms with Gasteiger partial charge in [0.25, 0.3) is 0 Å². The van der Waals surface area contributed by atoms with Gasteiger partial charge < -0.3 is 0 Å². The molecule has 66 valence electrons. The highest BCUT2D eigenvalue weighted by molar-refractivity contribution is 6.42. The molecular formula is C9H5Cl2NO. The van der Waals surface area contributed by atoms with Crippen molar-refractivity contribution in [2.75, 3.05) is 0 Å². The van der Waals surface area contributed by atoms with Crippen LogP contribution in [0.2, 0.25) is 10.0 Å². The number of hydrogen-bond acceptors (Lipinski definition) is 2. The largest absolute Gasteiger partial charge is 0.239 e. The van der Waals surface area contributed by atoms with E-state index in [-0.39, 0.29) is 0 Å². The molecule has 0 aliphatic rings. The molecule has 0 aliphatic carbocycles. The molecule has 0 radical (unpaired) electrons. The summed E-state index contributed by atoms with van der Waals surface area (Å²) in [6, 6.07) is 5.12. The maximum absolute atomic E-state index is 9.73. The molecule has 0 amide bonds. The molecule has 0 spiro atoms. The summed E-state index contributed by atoms with van der Waals surface area (Å²) >= 11 is 11.5. The van der Waals surface area contributed by atoms with E-state index in [2.05, 4.69) is 4.99 Å². The molecule has 0 saturated carbocycles. The second-order valence-electron chi connectivity index (χ2n) is 2.21. The average Bonchev–Trinajstić information content (AvgIpc) is 2.12. The van der Waals surface area contributed by atoms with Gasteiger partial charge in [-0.1, -0.05) is 29.3 Å². The van der Waals surface area contributed by atoms with Crippen LogP contribution < -0.4 is 0 Å². The fraction of sp³-hybridized carbons (Fsp3) is 0. The first-order chi connectivity index (χ1) is 6.24. The fourth-order valence-corrected chi connectivity index (χ4v) is 1.08. The van der Waals surface area contributed by atoms with Crippen LogP contribution in [0.25, 0.3) is 6.08 Å². The highest BCUT2D eigenvalue weighted by Gasteiger charge is 1.95. The number of benzene rings is 1. The molecular weight excluding hydrogens is 209 g/mol. The molecule has 0 unspecified atom stereocenters. The molecule has 1 aromatic rings. The van der Waals surface area contributed by atoms with E-state index in [0.717, 1.165) is 5.56 Å². The zero-order chi connectivity index (χ0) is 9.68. The smallest absolute Gasteiger partial charge is 0.211 e. The van der Waals surface area contributed by atoms with E-state index in [9.17, 15) is 4.79 Å². The summed E-state index contributed by atoms with van der Waals surface area (Å²) in [5, 5.41) is 0.969. The van der Waals surface area contributed by atoms with Gasteiger partial charge in [0.2, 0.25) is 6.08 Å². The number of hydrogen-bond donors (Lipinski definition) is 0. The van der Waals surface area contributed by atoms with E-state index in [1.807, 2.05) is 0 Å². The predicted octanol–water partition coefficient (Wildman–Crippen LogP) is 3.30. The Labute approximate surface area is 85.5 Å². The third-order valence-electron chi connectivity index (χ3n) is 1.34. The summed E-state index contributed by atoms with van der Waals surface area (Å²) in [4.78, 5) is 13.0. The average molecular weight is 214 g/mol. The number of nitrogens with zero attached hydrogens (tertiary/aromatic N) is 1. The van der Waals surface area contributed by atoms with Crippen LogP contribution in [0.5, 0.6) is 0 Å². The number of halogens is 2. The van der Waals surface area contributed by atoms with Gasteiger partial charge in [-0.25, -0.2) is 4.79 Å². The normalized spacial score (nSPS) is 10.0. The minimum absolute atomic E-state index is 0.471. The van der Waals surface area contributed by atoms with E-state index >= 15 is 0 Å². The van der Waals surface area contributed by atoms with Gasteiger partial charge in [0, 0.05) is 6.20 Å². The quantitative estimate of drug-likeness (QED) is 0.548. The topological polar surface area (TPSA) is 29.4 Å². The van der Waals surface area contributed by atoms with Crippen molar-refractivity contribution in [1.82, 2.24) is 0 Å². The Morgan fingerprint density at radius 1 is 1.31 bits per heavy atom. The van der Waals surface area contributed by atoms with Crippen molar-refractivity contribution in [2.45, 2.75) is 0 Å². The van der Waals surface area contributed by atoms with Gasteiger partial charge in [0.05, 0.1) is 10.0 Å². The van der Waals surface area contributed by atoms with Crippen molar-refractivity contribution in [1.29, 1.82) is 0 Å². The maximum atomic E-state index is 9.73. The van der Waals surface area contributed by atoms with Crippen LogP contribution in [0.15, 0.2) is 29.4 Å². The Bertz CT molecular complexity index is 381. The molecule has 2 nitrogen and oxygen atoms in total. The highest BCUT2D eigenvalue weighted by atomic mass is 35.5. The third kappa shape index (κ3) is 3.03. The second-order valence-corrected chi connectivity index (χ2v) is 3.02. The van der Waals surface area contributed by atoms with Crippen LogP contribution in [0.3, 0.4) is 0 Å². The van der Waals surface area contributed by atoms with Crippen LogP contribution in [0.4, 0.5) is 0 Å². The van der Waals surface area contributed by atoms with Crippen LogP contribution in [0, 0.1) is 0 Å². The minimum atomic E-state index is 0.471. The summed E-state index contributed by atoms with van der Waals surface area (Å²) in [5.41, 5.74) is 0.827. The summed E-state index contributed by atoms with van der Waals surface area (Å²) in [5.74, 6) is 0. The Balaban J connectivity index is 2.91. The molecule has 0 bridgehead atoms. The van der Waals surface area contributed by atoms with E-state index in [1.165, 1.54) is 12.3 Å². The van der Waals surface area contributed by atoms with E-state index in [0.29, 0.717) is 10.0 Å². The molecule has 0 aliphatic heterocycles. The van der Waals surface area contributed by atoms with Gasteiger partial charge in [-0.15, -0.1) is 0 Å². The van der Waals surface area contributed by atoms with Crippen molar-refractivity contribution in [3.8, 4) is 0 Å². The number of isocyanates is 1. The summed E-state index contributed by atoms with van der Waals surface area (Å²) in [6.07, 6.45) is 4.36. The number of aliphatic imine (C=N–C) groups is 1. The first-order valence-electron chi connectivity index (χ1n) is 3.42. The van der Waals surface area contributed by atoms with Crippen molar-refractivity contribution >= 4 is 35.4 Å². The van der Waals surface area contributed by atoms with Crippen LogP contribution >= 0.6 is 23.2 Å². The van der Waals surface area contributed by atoms with Crippen LogP contribution in [-0.4, -0.2) is 6.08 Å². The van der Waals surface area contributed by atoms with Crippen molar-refractivity contribution < 1.29 is 4.79 Å². The number of rotatable bonds is 2. The summed E-state index contributed by atoms with van der Waals surface area (Å²) < 4.78 is 0. The lowest BCUT2D eigenvalue weighted by atomic mass is 10.2. The Kier molecular flexibility index (Phi) is 3.71. The minimum Gasteiger partial charge on any atom is -0.211 e. The predicted molar refractivity (Wildman–Crippen MR) is 53.6 cm³/mol. The van der Waals surface area contributed by atoms with Gasteiger partial charge in [-0.2, -0.15) is 4.99 Å². The Hall–Kier alpha value is -1.08.